The van der Waals surface area contributed by atoms with Crippen molar-refractivity contribution in [3.05, 3.63) is 35.1 Å². The molecule has 1 rings (SSSR count). The standard InChI is InChI=1S/C14H18FNO2/c1-10-9-13(15)5-4-12(10)7-8-16-14(18)6-3-11(2)17/h4-5,9H,3,6-8H2,1-2H3,(H,16,18). The lowest BCUT2D eigenvalue weighted by atomic mass is 10.1. The van der Waals surface area contributed by atoms with E-state index in [1.807, 2.05) is 6.92 Å². The van der Waals surface area contributed by atoms with Crippen LogP contribution in [0, 0.1) is 12.7 Å². The summed E-state index contributed by atoms with van der Waals surface area (Å²) < 4.78 is 12.9. The predicted octanol–water partition coefficient (Wildman–Crippen LogP) is 2.16. The molecule has 0 heterocycles. The van der Waals surface area contributed by atoms with Crippen LogP contribution in [0.25, 0.3) is 0 Å². The summed E-state index contributed by atoms with van der Waals surface area (Å²) in [6.45, 7) is 3.81. The van der Waals surface area contributed by atoms with Crippen LogP contribution in [0.2, 0.25) is 0 Å². The molecule has 0 spiro atoms. The number of hydrogen-bond donors (Lipinski definition) is 1. The number of ketones is 1. The van der Waals surface area contributed by atoms with Crippen LogP contribution < -0.4 is 5.32 Å². The van der Waals surface area contributed by atoms with Crippen molar-refractivity contribution in [2.24, 2.45) is 0 Å². The molecule has 1 N–H and O–H groups in total. The molecule has 0 saturated carbocycles. The number of nitrogens with one attached hydrogen (secondary N) is 1. The third-order valence-electron chi connectivity index (χ3n) is 2.73. The lowest BCUT2D eigenvalue weighted by Crippen LogP contribution is -2.26. The minimum Gasteiger partial charge on any atom is -0.356 e. The van der Waals surface area contributed by atoms with Gasteiger partial charge in [-0.2, -0.15) is 0 Å². The fourth-order valence-electron chi connectivity index (χ4n) is 1.65. The van der Waals surface area contributed by atoms with Gasteiger partial charge in [-0.25, -0.2) is 4.39 Å². The van der Waals surface area contributed by atoms with E-state index in [2.05, 4.69) is 5.32 Å². The summed E-state index contributed by atoms with van der Waals surface area (Å²) in [6, 6.07) is 4.62. The van der Waals surface area contributed by atoms with E-state index in [0.717, 1.165) is 11.1 Å². The van der Waals surface area contributed by atoms with E-state index in [0.29, 0.717) is 13.0 Å². The molecule has 1 aromatic rings. The second kappa shape index (κ2) is 6.89. The van der Waals surface area contributed by atoms with Gasteiger partial charge in [-0.05, 0) is 43.5 Å². The lowest BCUT2D eigenvalue weighted by Gasteiger charge is -2.07. The van der Waals surface area contributed by atoms with E-state index in [1.54, 1.807) is 6.07 Å². The molecule has 4 heteroatoms. The van der Waals surface area contributed by atoms with Crippen LogP contribution in [0.3, 0.4) is 0 Å². The van der Waals surface area contributed by atoms with Gasteiger partial charge in [-0.1, -0.05) is 6.07 Å². The Hall–Kier alpha value is -1.71. The average Bonchev–Trinajstić information content (AvgIpc) is 2.29. The molecule has 1 amide bonds. The zero-order chi connectivity index (χ0) is 13.5. The molecule has 0 aliphatic carbocycles. The third kappa shape index (κ3) is 5.08. The van der Waals surface area contributed by atoms with Crippen molar-refractivity contribution in [3.63, 3.8) is 0 Å². The summed E-state index contributed by atoms with van der Waals surface area (Å²) >= 11 is 0. The maximum Gasteiger partial charge on any atom is 0.220 e. The van der Waals surface area contributed by atoms with Crippen LogP contribution in [0.1, 0.15) is 30.9 Å². The van der Waals surface area contributed by atoms with Crippen LogP contribution >= 0.6 is 0 Å². The van der Waals surface area contributed by atoms with E-state index >= 15 is 0 Å². The Balaban J connectivity index is 2.33. The number of halogens is 1. The zero-order valence-corrected chi connectivity index (χ0v) is 10.8. The maximum atomic E-state index is 12.9. The molecule has 0 bridgehead atoms. The molecule has 0 atom stereocenters. The van der Waals surface area contributed by atoms with Gasteiger partial charge in [0.2, 0.25) is 5.91 Å². The Labute approximate surface area is 106 Å². The number of rotatable bonds is 6. The Kier molecular flexibility index (Phi) is 5.49. The van der Waals surface area contributed by atoms with Crippen molar-refractivity contribution in [2.75, 3.05) is 6.54 Å². The molecule has 18 heavy (non-hydrogen) atoms. The molecule has 0 unspecified atom stereocenters. The highest BCUT2D eigenvalue weighted by Gasteiger charge is 2.04. The number of Topliss-reactive ketones (excluding diaryl/α,β-unsaturated/α-hetero) is 1. The molecule has 0 aliphatic rings. The van der Waals surface area contributed by atoms with Crippen LogP contribution in [0.5, 0.6) is 0 Å². The summed E-state index contributed by atoms with van der Waals surface area (Å²) in [6.07, 6.45) is 1.18. The van der Waals surface area contributed by atoms with Gasteiger partial charge in [0.05, 0.1) is 0 Å². The number of carbonyl (C=O) groups excluding carboxylic acids is 2. The minimum absolute atomic E-state index is 0.0135. The van der Waals surface area contributed by atoms with Crippen molar-refractivity contribution < 1.29 is 14.0 Å². The molecular formula is C14H18FNO2. The van der Waals surface area contributed by atoms with Gasteiger partial charge >= 0.3 is 0 Å². The van der Waals surface area contributed by atoms with Crippen LogP contribution in [0.15, 0.2) is 18.2 Å². The Morgan fingerprint density at radius 2 is 2.00 bits per heavy atom. The summed E-state index contributed by atoms with van der Waals surface area (Å²) in [5.74, 6) is -0.355. The first-order valence-electron chi connectivity index (χ1n) is 6.00. The number of aryl methyl sites for hydroxylation is 1. The Morgan fingerprint density at radius 3 is 2.61 bits per heavy atom. The average molecular weight is 251 g/mol. The van der Waals surface area contributed by atoms with Gasteiger partial charge in [0, 0.05) is 19.4 Å². The van der Waals surface area contributed by atoms with Gasteiger partial charge in [0.1, 0.15) is 11.6 Å². The van der Waals surface area contributed by atoms with Gasteiger partial charge in [0.25, 0.3) is 0 Å². The first-order valence-corrected chi connectivity index (χ1v) is 6.00. The predicted molar refractivity (Wildman–Crippen MR) is 67.8 cm³/mol. The molecule has 0 fully saturated rings. The SMILES string of the molecule is CC(=O)CCC(=O)NCCc1ccc(F)cc1C. The van der Waals surface area contributed by atoms with Crippen molar-refractivity contribution in [1.29, 1.82) is 0 Å². The van der Waals surface area contributed by atoms with E-state index in [4.69, 9.17) is 0 Å². The fourth-order valence-corrected chi connectivity index (χ4v) is 1.65. The van der Waals surface area contributed by atoms with Crippen LogP contribution in [-0.4, -0.2) is 18.2 Å². The van der Waals surface area contributed by atoms with Crippen molar-refractivity contribution in [3.8, 4) is 0 Å². The molecule has 0 saturated heterocycles. The number of amides is 1. The van der Waals surface area contributed by atoms with E-state index in [1.165, 1.54) is 19.1 Å². The van der Waals surface area contributed by atoms with E-state index < -0.39 is 0 Å². The summed E-state index contributed by atoms with van der Waals surface area (Å²) in [4.78, 5) is 22.1. The highest BCUT2D eigenvalue weighted by molar-refractivity contribution is 5.83. The van der Waals surface area contributed by atoms with E-state index in [-0.39, 0.29) is 30.3 Å². The Morgan fingerprint density at radius 1 is 1.28 bits per heavy atom. The van der Waals surface area contributed by atoms with Crippen LogP contribution in [-0.2, 0) is 16.0 Å². The van der Waals surface area contributed by atoms with Crippen molar-refractivity contribution >= 4 is 11.7 Å². The molecule has 0 radical (unpaired) electrons. The summed E-state index contributed by atoms with van der Waals surface area (Å²) in [5.41, 5.74) is 1.90. The molecule has 98 valence electrons. The molecule has 0 aromatic heterocycles. The first kappa shape index (κ1) is 14.4. The molecule has 0 aliphatic heterocycles. The molecule has 3 nitrogen and oxygen atoms in total. The van der Waals surface area contributed by atoms with Gasteiger partial charge in [-0.15, -0.1) is 0 Å². The minimum atomic E-state index is -0.248. The fraction of sp³-hybridized carbons (Fsp3) is 0.429. The molecule has 1 aromatic carbocycles. The number of hydrogen-bond acceptors (Lipinski definition) is 2. The van der Waals surface area contributed by atoms with Gasteiger partial charge < -0.3 is 10.1 Å². The first-order chi connectivity index (χ1) is 8.49. The van der Waals surface area contributed by atoms with Crippen molar-refractivity contribution in [2.45, 2.75) is 33.1 Å². The topological polar surface area (TPSA) is 46.2 Å². The van der Waals surface area contributed by atoms with Crippen molar-refractivity contribution in [1.82, 2.24) is 5.32 Å². The second-order valence-electron chi connectivity index (χ2n) is 4.37. The summed E-state index contributed by atoms with van der Waals surface area (Å²) in [7, 11) is 0. The van der Waals surface area contributed by atoms with Gasteiger partial charge in [-0.3, -0.25) is 4.79 Å². The zero-order valence-electron chi connectivity index (χ0n) is 10.8. The van der Waals surface area contributed by atoms with Gasteiger partial charge in [0.15, 0.2) is 0 Å². The largest absolute Gasteiger partial charge is 0.356 e. The lowest BCUT2D eigenvalue weighted by molar-refractivity contribution is -0.124. The number of carbonyl (C=O) groups is 2. The molecular weight excluding hydrogens is 233 g/mol. The quantitative estimate of drug-likeness (QED) is 0.842. The smallest absolute Gasteiger partial charge is 0.220 e. The summed E-state index contributed by atoms with van der Waals surface area (Å²) in [5, 5.41) is 2.74. The maximum absolute atomic E-state index is 12.9. The second-order valence-corrected chi connectivity index (χ2v) is 4.37. The number of benzene rings is 1. The van der Waals surface area contributed by atoms with Crippen LogP contribution in [0.4, 0.5) is 4.39 Å². The third-order valence-corrected chi connectivity index (χ3v) is 2.73. The highest BCUT2D eigenvalue weighted by Crippen LogP contribution is 2.10. The monoisotopic (exact) mass is 251 g/mol. The highest BCUT2D eigenvalue weighted by atomic mass is 19.1. The van der Waals surface area contributed by atoms with E-state index in [9.17, 15) is 14.0 Å². The Bertz CT molecular complexity index is 443. The normalized spacial score (nSPS) is 10.2.